The van der Waals surface area contributed by atoms with E-state index in [-0.39, 0.29) is 18.5 Å². The molecule has 6 heteroatoms. The Kier molecular flexibility index (Phi) is 3.29. The third-order valence-corrected chi connectivity index (χ3v) is 2.39. The van der Waals surface area contributed by atoms with Crippen LogP contribution in [0.25, 0.3) is 0 Å². The fraction of sp³-hybridized carbons (Fsp3) is 0.667. The lowest BCUT2D eigenvalue weighted by Gasteiger charge is -2.15. The van der Waals surface area contributed by atoms with Crippen LogP contribution in [0.2, 0.25) is 0 Å². The second-order valence-corrected chi connectivity index (χ2v) is 3.10. The molecule has 2 amide bonds. The molecule has 0 saturated carbocycles. The molecule has 1 heterocycles. The Balaban J connectivity index is 2.70. The predicted octanol–water partition coefficient (Wildman–Crippen LogP) is 0.448. The summed E-state index contributed by atoms with van der Waals surface area (Å²) in [5.41, 5.74) is 0. The molecule has 1 aliphatic heterocycles. The zero-order valence-electron chi connectivity index (χ0n) is 6.33. The Morgan fingerprint density at radius 2 is 2.50 bits per heavy atom. The molecule has 1 aliphatic rings. The van der Waals surface area contributed by atoms with Gasteiger partial charge >= 0.3 is 6.09 Å². The summed E-state index contributed by atoms with van der Waals surface area (Å²) in [6, 6.07) is -0.172. The maximum absolute atomic E-state index is 11.1. The van der Waals surface area contributed by atoms with E-state index >= 15 is 0 Å². The van der Waals surface area contributed by atoms with Gasteiger partial charge in [-0.3, -0.25) is 4.79 Å². The van der Waals surface area contributed by atoms with Crippen molar-refractivity contribution in [3.8, 4) is 0 Å². The summed E-state index contributed by atoms with van der Waals surface area (Å²) in [6.07, 6.45) is 0.0297. The highest BCUT2D eigenvalue weighted by atomic mass is 35.5. The van der Waals surface area contributed by atoms with Gasteiger partial charge in [0.25, 0.3) is 0 Å². The SMILES string of the molecule is O=C(CCl)N1C(=O)OC[C@@H]1CP. The van der Waals surface area contributed by atoms with Crippen LogP contribution < -0.4 is 0 Å². The summed E-state index contributed by atoms with van der Waals surface area (Å²) in [4.78, 5) is 23.1. The van der Waals surface area contributed by atoms with Crippen molar-refractivity contribution in [2.75, 3.05) is 18.6 Å². The van der Waals surface area contributed by atoms with Crippen molar-refractivity contribution in [3.63, 3.8) is 0 Å². The number of amides is 2. The normalized spacial score (nSPS) is 22.7. The Bertz CT molecular complexity index is 211. The molecule has 0 bridgehead atoms. The van der Waals surface area contributed by atoms with Crippen molar-refractivity contribution in [3.05, 3.63) is 0 Å². The first-order valence-electron chi connectivity index (χ1n) is 3.45. The number of carbonyl (C=O) groups is 2. The zero-order chi connectivity index (χ0) is 9.14. The molecule has 68 valence electrons. The predicted molar refractivity (Wildman–Crippen MR) is 47.3 cm³/mol. The highest BCUT2D eigenvalue weighted by molar-refractivity contribution is 7.16. The molecule has 2 atom stereocenters. The minimum atomic E-state index is -0.590. The third-order valence-electron chi connectivity index (χ3n) is 1.62. The van der Waals surface area contributed by atoms with Gasteiger partial charge in [-0.05, 0) is 6.16 Å². The highest BCUT2D eigenvalue weighted by Crippen LogP contribution is 2.14. The van der Waals surface area contributed by atoms with Gasteiger partial charge in [0, 0.05) is 0 Å². The molecule has 0 aromatic rings. The van der Waals surface area contributed by atoms with Gasteiger partial charge in [0.15, 0.2) is 0 Å². The van der Waals surface area contributed by atoms with Crippen LogP contribution in [0.4, 0.5) is 4.79 Å². The van der Waals surface area contributed by atoms with Crippen molar-refractivity contribution < 1.29 is 14.3 Å². The summed E-state index contributed by atoms with van der Waals surface area (Å²) < 4.78 is 4.69. The summed E-state index contributed by atoms with van der Waals surface area (Å²) in [6.45, 7) is 0.269. The van der Waals surface area contributed by atoms with Crippen LogP contribution >= 0.6 is 20.8 Å². The quantitative estimate of drug-likeness (QED) is 0.490. The molecule has 0 spiro atoms. The number of rotatable bonds is 2. The van der Waals surface area contributed by atoms with Crippen molar-refractivity contribution in [1.82, 2.24) is 4.90 Å². The van der Waals surface area contributed by atoms with E-state index < -0.39 is 12.0 Å². The fourth-order valence-corrected chi connectivity index (χ4v) is 1.48. The largest absolute Gasteiger partial charge is 0.447 e. The minimum Gasteiger partial charge on any atom is -0.447 e. The van der Waals surface area contributed by atoms with Crippen LogP contribution in [-0.4, -0.2) is 41.6 Å². The standard InChI is InChI=1S/C6H9ClNO3P/c7-1-5(9)8-4(3-12)2-11-6(8)10/h4H,1-3,12H2/t4-/m1/s1. The first-order valence-corrected chi connectivity index (χ1v) is 4.80. The molecule has 1 saturated heterocycles. The van der Waals surface area contributed by atoms with E-state index in [1.807, 2.05) is 0 Å². The summed E-state index contributed by atoms with van der Waals surface area (Å²) in [7, 11) is 2.46. The molecule has 0 N–H and O–H groups in total. The lowest BCUT2D eigenvalue weighted by Crippen LogP contribution is -2.40. The van der Waals surface area contributed by atoms with E-state index in [2.05, 4.69) is 14.0 Å². The number of ether oxygens (including phenoxy) is 1. The number of halogens is 1. The topological polar surface area (TPSA) is 46.6 Å². The van der Waals surface area contributed by atoms with Gasteiger partial charge < -0.3 is 4.74 Å². The number of alkyl halides is 1. The van der Waals surface area contributed by atoms with Crippen LogP contribution in [0.5, 0.6) is 0 Å². The Hall–Kier alpha value is -0.340. The Morgan fingerprint density at radius 3 is 3.00 bits per heavy atom. The van der Waals surface area contributed by atoms with Gasteiger partial charge in [-0.1, -0.05) is 0 Å². The third kappa shape index (κ3) is 1.70. The molecule has 1 unspecified atom stereocenters. The first kappa shape index (κ1) is 9.75. The van der Waals surface area contributed by atoms with E-state index in [1.54, 1.807) is 0 Å². The number of imide groups is 1. The molecule has 0 aromatic heterocycles. The van der Waals surface area contributed by atoms with Crippen molar-refractivity contribution in [2.45, 2.75) is 6.04 Å². The lowest BCUT2D eigenvalue weighted by atomic mass is 10.3. The minimum absolute atomic E-state index is 0.172. The monoisotopic (exact) mass is 209 g/mol. The second kappa shape index (κ2) is 4.06. The lowest BCUT2D eigenvalue weighted by molar-refractivity contribution is -0.126. The average Bonchev–Trinajstić information content (AvgIpc) is 2.45. The maximum Gasteiger partial charge on any atom is 0.417 e. The van der Waals surface area contributed by atoms with E-state index in [1.165, 1.54) is 0 Å². The van der Waals surface area contributed by atoms with Gasteiger partial charge in [0.2, 0.25) is 5.91 Å². The maximum atomic E-state index is 11.1. The molecule has 1 rings (SSSR count). The fourth-order valence-electron chi connectivity index (χ4n) is 1.00. The number of nitrogens with zero attached hydrogens (tertiary/aromatic N) is 1. The van der Waals surface area contributed by atoms with Gasteiger partial charge in [0.1, 0.15) is 12.5 Å². The smallest absolute Gasteiger partial charge is 0.417 e. The van der Waals surface area contributed by atoms with E-state index in [0.717, 1.165) is 4.90 Å². The van der Waals surface area contributed by atoms with Crippen LogP contribution in [0, 0.1) is 0 Å². The van der Waals surface area contributed by atoms with Gasteiger partial charge in [-0.15, -0.1) is 20.8 Å². The van der Waals surface area contributed by atoms with Crippen molar-refractivity contribution >= 4 is 32.8 Å². The van der Waals surface area contributed by atoms with Crippen molar-refractivity contribution in [1.29, 1.82) is 0 Å². The van der Waals surface area contributed by atoms with Gasteiger partial charge in [0.05, 0.1) is 6.04 Å². The molecular weight excluding hydrogens is 200 g/mol. The molecule has 4 nitrogen and oxygen atoms in total. The number of cyclic esters (lactones) is 1. The molecule has 0 radical (unpaired) electrons. The summed E-state index contributed by atoms with van der Waals surface area (Å²) >= 11 is 5.31. The molecule has 0 aliphatic carbocycles. The summed E-state index contributed by atoms with van der Waals surface area (Å²) in [5, 5.41) is 0. The highest BCUT2D eigenvalue weighted by Gasteiger charge is 2.35. The van der Waals surface area contributed by atoms with E-state index in [0.29, 0.717) is 6.16 Å². The number of hydrogen-bond acceptors (Lipinski definition) is 3. The number of hydrogen-bond donors (Lipinski definition) is 0. The Labute approximate surface area is 77.4 Å². The van der Waals surface area contributed by atoms with Gasteiger partial charge in [-0.25, -0.2) is 9.69 Å². The molecule has 1 fully saturated rings. The number of carbonyl (C=O) groups excluding carboxylic acids is 2. The van der Waals surface area contributed by atoms with Crippen LogP contribution in [0.3, 0.4) is 0 Å². The van der Waals surface area contributed by atoms with Gasteiger partial charge in [-0.2, -0.15) is 0 Å². The van der Waals surface area contributed by atoms with Crippen LogP contribution in [-0.2, 0) is 9.53 Å². The zero-order valence-corrected chi connectivity index (χ0v) is 8.24. The Morgan fingerprint density at radius 1 is 1.83 bits per heavy atom. The summed E-state index contributed by atoms with van der Waals surface area (Å²) in [5.74, 6) is -0.581. The second-order valence-electron chi connectivity index (χ2n) is 2.36. The van der Waals surface area contributed by atoms with Crippen molar-refractivity contribution in [2.24, 2.45) is 0 Å². The first-order chi connectivity index (χ1) is 5.70. The average molecular weight is 210 g/mol. The van der Waals surface area contributed by atoms with E-state index in [4.69, 9.17) is 11.6 Å². The molecule has 12 heavy (non-hydrogen) atoms. The van der Waals surface area contributed by atoms with Crippen LogP contribution in [0.1, 0.15) is 0 Å². The molecule has 0 aromatic carbocycles. The van der Waals surface area contributed by atoms with E-state index in [9.17, 15) is 9.59 Å². The van der Waals surface area contributed by atoms with Crippen LogP contribution in [0.15, 0.2) is 0 Å². The molecular formula is C6H9ClNO3P.